The molecule has 0 radical (unpaired) electrons. The molecule has 2 aliphatic rings. The Morgan fingerprint density at radius 2 is 1.76 bits per heavy atom. The number of rotatable bonds is 4. The number of piperidine rings is 1. The number of carbonyl (C=O) groups excluding carboxylic acids is 2. The Balaban J connectivity index is 1.44. The highest BCUT2D eigenvalue weighted by molar-refractivity contribution is 5.94. The molecule has 0 spiro atoms. The number of anilines is 3. The molecule has 2 aromatic rings. The molecule has 34 heavy (non-hydrogen) atoms. The van der Waals surface area contributed by atoms with Gasteiger partial charge in [0, 0.05) is 38.0 Å². The van der Waals surface area contributed by atoms with E-state index in [4.69, 9.17) is 0 Å². The molecule has 2 aromatic carbocycles. The van der Waals surface area contributed by atoms with E-state index in [2.05, 4.69) is 10.6 Å². The van der Waals surface area contributed by atoms with Crippen LogP contribution in [0.15, 0.2) is 36.4 Å². The zero-order chi connectivity index (χ0) is 24.5. The average Bonchev–Trinajstić information content (AvgIpc) is 2.78. The Morgan fingerprint density at radius 3 is 2.44 bits per heavy atom. The number of aliphatic hydroxyl groups is 1. The van der Waals surface area contributed by atoms with E-state index in [0.717, 1.165) is 35.4 Å². The molecule has 1 atom stereocenters. The van der Waals surface area contributed by atoms with Crippen molar-refractivity contribution < 1.29 is 27.9 Å². The number of benzene rings is 2. The summed E-state index contributed by atoms with van der Waals surface area (Å²) in [6, 6.07) is 9.10. The van der Waals surface area contributed by atoms with Crippen molar-refractivity contribution in [1.82, 2.24) is 0 Å². The second-order valence-corrected chi connectivity index (χ2v) is 9.00. The molecule has 4 rings (SSSR count). The van der Waals surface area contributed by atoms with Crippen LogP contribution in [0.3, 0.4) is 0 Å². The number of hydrogen-bond donors (Lipinski definition) is 3. The number of halogens is 3. The summed E-state index contributed by atoms with van der Waals surface area (Å²) in [5.41, 5.74) is 2.65. The monoisotopic (exact) mass is 475 g/mol. The van der Waals surface area contributed by atoms with Gasteiger partial charge in [-0.3, -0.25) is 9.59 Å². The molecule has 1 saturated heterocycles. The van der Waals surface area contributed by atoms with Crippen LogP contribution in [0.2, 0.25) is 0 Å². The maximum absolute atomic E-state index is 13.1. The highest BCUT2D eigenvalue weighted by Gasteiger charge is 2.33. The number of alkyl halides is 3. The van der Waals surface area contributed by atoms with Crippen molar-refractivity contribution in [3.05, 3.63) is 53.1 Å². The van der Waals surface area contributed by atoms with Crippen LogP contribution in [0.4, 0.5) is 30.2 Å². The van der Waals surface area contributed by atoms with Gasteiger partial charge in [0.2, 0.25) is 11.8 Å². The first-order chi connectivity index (χ1) is 16.1. The molecule has 0 aromatic heterocycles. The molecule has 0 unspecified atom stereocenters. The molecule has 1 heterocycles. The van der Waals surface area contributed by atoms with Crippen LogP contribution in [0.5, 0.6) is 0 Å². The standard InChI is InChI=1S/C25H28F3N3O3/c1-15(32)29-22-13-18(25(26,27)28)6-8-23(22)31-11-9-17(10-12-31)24(34)30-21-4-2-3-16-5-7-19(33)14-20(16)21/h2-4,6,8,13,17,19,33H,5,7,9-12,14H2,1H3,(H,29,32)(H,30,34)/t19-/m1/s1. The van der Waals surface area contributed by atoms with Gasteiger partial charge in [0.25, 0.3) is 0 Å². The van der Waals surface area contributed by atoms with Crippen LogP contribution in [-0.2, 0) is 28.6 Å². The summed E-state index contributed by atoms with van der Waals surface area (Å²) in [6.07, 6.45) is -1.84. The van der Waals surface area contributed by atoms with E-state index in [1.807, 2.05) is 23.1 Å². The number of hydrogen-bond acceptors (Lipinski definition) is 4. The van der Waals surface area contributed by atoms with E-state index in [1.165, 1.54) is 13.0 Å². The Morgan fingerprint density at radius 1 is 1.03 bits per heavy atom. The van der Waals surface area contributed by atoms with Crippen molar-refractivity contribution in [3.8, 4) is 0 Å². The Labute approximate surface area is 196 Å². The van der Waals surface area contributed by atoms with Crippen LogP contribution in [0, 0.1) is 5.92 Å². The van der Waals surface area contributed by atoms with E-state index in [1.54, 1.807) is 0 Å². The maximum Gasteiger partial charge on any atom is 0.416 e. The quantitative estimate of drug-likeness (QED) is 0.614. The number of nitrogens with zero attached hydrogens (tertiary/aromatic N) is 1. The molecule has 0 bridgehead atoms. The van der Waals surface area contributed by atoms with Gasteiger partial charge in [0.1, 0.15) is 0 Å². The summed E-state index contributed by atoms with van der Waals surface area (Å²) < 4.78 is 39.4. The van der Waals surface area contributed by atoms with Crippen LogP contribution in [-0.4, -0.2) is 36.1 Å². The number of aliphatic hydroxyl groups excluding tert-OH is 1. The Bertz CT molecular complexity index is 1080. The molecule has 1 aliphatic heterocycles. The smallest absolute Gasteiger partial charge is 0.393 e. The van der Waals surface area contributed by atoms with Gasteiger partial charge in [-0.2, -0.15) is 13.2 Å². The SMILES string of the molecule is CC(=O)Nc1cc(C(F)(F)F)ccc1N1CCC(C(=O)Nc2cccc3c2C[C@H](O)CC3)CC1. The van der Waals surface area contributed by atoms with Gasteiger partial charge in [-0.25, -0.2) is 0 Å². The second kappa shape index (κ2) is 9.66. The van der Waals surface area contributed by atoms with Gasteiger partial charge in [0.15, 0.2) is 0 Å². The van der Waals surface area contributed by atoms with Crippen molar-refractivity contribution in [2.24, 2.45) is 5.92 Å². The predicted molar refractivity (Wildman–Crippen MR) is 124 cm³/mol. The summed E-state index contributed by atoms with van der Waals surface area (Å²) in [6.45, 7) is 2.20. The molecule has 1 aliphatic carbocycles. The molecule has 0 saturated carbocycles. The Kier molecular flexibility index (Phi) is 6.84. The Hall–Kier alpha value is -3.07. The molecular weight excluding hydrogens is 447 g/mol. The fourth-order valence-electron chi connectivity index (χ4n) is 4.78. The highest BCUT2D eigenvalue weighted by Crippen LogP contribution is 2.37. The topological polar surface area (TPSA) is 81.7 Å². The zero-order valence-electron chi connectivity index (χ0n) is 18.9. The molecule has 2 amide bonds. The van der Waals surface area contributed by atoms with Gasteiger partial charge in [-0.05, 0) is 61.1 Å². The summed E-state index contributed by atoms with van der Waals surface area (Å²) in [5.74, 6) is -0.784. The number of carbonyl (C=O) groups is 2. The lowest BCUT2D eigenvalue weighted by molar-refractivity contribution is -0.137. The minimum Gasteiger partial charge on any atom is -0.393 e. The predicted octanol–water partition coefficient (Wildman–Crippen LogP) is 4.37. The van der Waals surface area contributed by atoms with Crippen molar-refractivity contribution in [1.29, 1.82) is 0 Å². The van der Waals surface area contributed by atoms with Crippen molar-refractivity contribution >= 4 is 28.9 Å². The van der Waals surface area contributed by atoms with Crippen molar-refractivity contribution in [2.75, 3.05) is 28.6 Å². The van der Waals surface area contributed by atoms with Crippen LogP contribution in [0.1, 0.15) is 42.9 Å². The first kappa shape index (κ1) is 24.1. The average molecular weight is 476 g/mol. The third-order valence-corrected chi connectivity index (χ3v) is 6.56. The molecule has 3 N–H and O–H groups in total. The largest absolute Gasteiger partial charge is 0.416 e. The van der Waals surface area contributed by atoms with E-state index in [9.17, 15) is 27.9 Å². The molecule has 9 heteroatoms. The lowest BCUT2D eigenvalue weighted by Crippen LogP contribution is -2.38. The van der Waals surface area contributed by atoms with Gasteiger partial charge in [0.05, 0.1) is 23.0 Å². The summed E-state index contributed by atoms with van der Waals surface area (Å²) in [7, 11) is 0. The highest BCUT2D eigenvalue weighted by atomic mass is 19.4. The van der Waals surface area contributed by atoms with Crippen LogP contribution < -0.4 is 15.5 Å². The fourth-order valence-corrected chi connectivity index (χ4v) is 4.78. The van der Waals surface area contributed by atoms with Gasteiger partial charge >= 0.3 is 6.18 Å². The summed E-state index contributed by atoms with van der Waals surface area (Å²) >= 11 is 0. The molecule has 182 valence electrons. The van der Waals surface area contributed by atoms with Crippen LogP contribution >= 0.6 is 0 Å². The number of fused-ring (bicyclic) bond motifs is 1. The maximum atomic E-state index is 13.1. The first-order valence-electron chi connectivity index (χ1n) is 11.5. The first-order valence-corrected chi connectivity index (χ1v) is 11.5. The van der Waals surface area contributed by atoms with E-state index in [0.29, 0.717) is 44.5 Å². The van der Waals surface area contributed by atoms with Crippen LogP contribution in [0.25, 0.3) is 0 Å². The summed E-state index contributed by atoms with van der Waals surface area (Å²) in [4.78, 5) is 26.4. The van der Waals surface area contributed by atoms with Gasteiger partial charge in [-0.1, -0.05) is 12.1 Å². The van der Waals surface area contributed by atoms with Gasteiger partial charge in [-0.15, -0.1) is 0 Å². The van der Waals surface area contributed by atoms with Gasteiger partial charge < -0.3 is 20.6 Å². The van der Waals surface area contributed by atoms with Crippen molar-refractivity contribution in [2.45, 2.75) is 51.3 Å². The minimum absolute atomic E-state index is 0.0948. The number of aryl methyl sites for hydroxylation is 1. The lowest BCUT2D eigenvalue weighted by atomic mass is 9.88. The molecule has 6 nitrogen and oxygen atoms in total. The van der Waals surface area contributed by atoms with Crippen molar-refractivity contribution in [3.63, 3.8) is 0 Å². The number of nitrogens with one attached hydrogen (secondary N) is 2. The summed E-state index contributed by atoms with van der Waals surface area (Å²) in [5, 5.41) is 15.6. The van der Waals surface area contributed by atoms with E-state index < -0.39 is 23.8 Å². The van der Waals surface area contributed by atoms with E-state index >= 15 is 0 Å². The molecular formula is C25H28F3N3O3. The third kappa shape index (κ3) is 5.35. The second-order valence-electron chi connectivity index (χ2n) is 9.00. The number of amides is 2. The fraction of sp³-hybridized carbons (Fsp3) is 0.440. The third-order valence-electron chi connectivity index (χ3n) is 6.56. The normalized spacial score (nSPS) is 18.9. The minimum atomic E-state index is -4.51. The molecule has 1 fully saturated rings. The zero-order valence-corrected chi connectivity index (χ0v) is 18.9. The van der Waals surface area contributed by atoms with E-state index in [-0.39, 0.29) is 17.5 Å². The lowest BCUT2D eigenvalue weighted by Gasteiger charge is -2.34.